The number of rotatable bonds is 6. The Morgan fingerprint density at radius 1 is 1.21 bits per heavy atom. The fourth-order valence-electron chi connectivity index (χ4n) is 2.13. The van der Waals surface area contributed by atoms with Gasteiger partial charge in [-0.25, -0.2) is 9.97 Å². The Morgan fingerprint density at radius 2 is 1.96 bits per heavy atom. The Hall–Kier alpha value is -1.95. The molecule has 1 aromatic heterocycles. The molecule has 0 radical (unpaired) electrons. The third-order valence-electron chi connectivity index (χ3n) is 3.52. The second kappa shape index (κ2) is 8.24. The first-order valence-electron chi connectivity index (χ1n) is 8.02. The highest BCUT2D eigenvalue weighted by Gasteiger charge is 2.11. The molecule has 2 aromatic rings. The second-order valence-electron chi connectivity index (χ2n) is 6.21. The molecule has 24 heavy (non-hydrogen) atoms. The number of nitrogens with zero attached hydrogens (tertiary/aromatic N) is 2. The summed E-state index contributed by atoms with van der Waals surface area (Å²) in [6.07, 6.45) is 0.943. The third-order valence-corrected chi connectivity index (χ3v) is 4.38. The van der Waals surface area contributed by atoms with Crippen LogP contribution in [0.2, 0.25) is 0 Å². The summed E-state index contributed by atoms with van der Waals surface area (Å²) in [7, 11) is 0. The molecule has 2 N–H and O–H groups in total. The standard InChI is InChI=1S/C18H23BrN4O/c1-11(2)7-8-20-18(24)16-10-17(22-13(4)21-16)23-14-6-5-12(3)15(19)9-14/h5-6,9-11H,7-8H2,1-4H3,(H,20,24)(H,21,22,23). The van der Waals surface area contributed by atoms with Crippen LogP contribution >= 0.6 is 15.9 Å². The Balaban J connectivity index is 2.12. The number of aromatic nitrogens is 2. The summed E-state index contributed by atoms with van der Waals surface area (Å²) in [4.78, 5) is 20.8. The molecular formula is C18H23BrN4O. The summed E-state index contributed by atoms with van der Waals surface area (Å²) in [5.74, 6) is 1.54. The van der Waals surface area contributed by atoms with Crippen LogP contribution in [0.15, 0.2) is 28.7 Å². The lowest BCUT2D eigenvalue weighted by molar-refractivity contribution is 0.0946. The van der Waals surface area contributed by atoms with E-state index in [1.807, 2.05) is 25.1 Å². The lowest BCUT2D eigenvalue weighted by Crippen LogP contribution is -2.26. The molecule has 5 nitrogen and oxygen atoms in total. The van der Waals surface area contributed by atoms with Crippen molar-refractivity contribution in [3.05, 3.63) is 45.8 Å². The van der Waals surface area contributed by atoms with Gasteiger partial charge in [-0.3, -0.25) is 4.79 Å². The molecule has 0 saturated heterocycles. The molecule has 0 saturated carbocycles. The third kappa shape index (κ3) is 5.30. The highest BCUT2D eigenvalue weighted by atomic mass is 79.9. The van der Waals surface area contributed by atoms with Crippen molar-refractivity contribution >= 4 is 33.3 Å². The summed E-state index contributed by atoms with van der Waals surface area (Å²) in [6, 6.07) is 7.64. The van der Waals surface area contributed by atoms with E-state index in [1.54, 1.807) is 13.0 Å². The van der Waals surface area contributed by atoms with Crippen molar-refractivity contribution in [2.24, 2.45) is 5.92 Å². The van der Waals surface area contributed by atoms with Gasteiger partial charge in [-0.15, -0.1) is 0 Å². The minimum absolute atomic E-state index is 0.172. The number of aryl methyl sites for hydroxylation is 2. The molecule has 1 heterocycles. The van der Waals surface area contributed by atoms with Crippen LogP contribution < -0.4 is 10.6 Å². The minimum Gasteiger partial charge on any atom is -0.351 e. The van der Waals surface area contributed by atoms with Gasteiger partial charge in [0.05, 0.1) is 0 Å². The lowest BCUT2D eigenvalue weighted by atomic mass is 10.1. The Bertz CT molecular complexity index is 731. The normalized spacial score (nSPS) is 10.8. The first-order valence-corrected chi connectivity index (χ1v) is 8.81. The summed E-state index contributed by atoms with van der Waals surface area (Å²) in [6.45, 7) is 8.71. The van der Waals surface area contributed by atoms with Gasteiger partial charge in [-0.05, 0) is 43.9 Å². The largest absolute Gasteiger partial charge is 0.351 e. The van der Waals surface area contributed by atoms with Crippen LogP contribution in [-0.4, -0.2) is 22.4 Å². The topological polar surface area (TPSA) is 66.9 Å². The monoisotopic (exact) mass is 390 g/mol. The highest BCUT2D eigenvalue weighted by Crippen LogP contribution is 2.23. The van der Waals surface area contributed by atoms with Gasteiger partial charge in [0, 0.05) is 22.8 Å². The van der Waals surface area contributed by atoms with Gasteiger partial charge in [0.1, 0.15) is 17.3 Å². The first-order chi connectivity index (χ1) is 11.3. The Labute approximate surface area is 151 Å². The molecule has 2 rings (SSSR count). The van der Waals surface area contributed by atoms with Crippen molar-refractivity contribution in [3.63, 3.8) is 0 Å². The number of halogens is 1. The van der Waals surface area contributed by atoms with Gasteiger partial charge in [0.15, 0.2) is 0 Å². The van der Waals surface area contributed by atoms with Crippen molar-refractivity contribution in [2.75, 3.05) is 11.9 Å². The molecular weight excluding hydrogens is 368 g/mol. The van der Waals surface area contributed by atoms with Gasteiger partial charge >= 0.3 is 0 Å². The molecule has 0 atom stereocenters. The molecule has 0 spiro atoms. The molecule has 0 aliphatic heterocycles. The van der Waals surface area contributed by atoms with Crippen LogP contribution in [-0.2, 0) is 0 Å². The molecule has 6 heteroatoms. The van der Waals surface area contributed by atoms with Gasteiger partial charge in [0.25, 0.3) is 5.91 Å². The van der Waals surface area contributed by atoms with Crippen LogP contribution in [0, 0.1) is 19.8 Å². The molecule has 128 valence electrons. The van der Waals surface area contributed by atoms with Crippen molar-refractivity contribution in [2.45, 2.75) is 34.1 Å². The lowest BCUT2D eigenvalue weighted by Gasteiger charge is -2.10. The van der Waals surface area contributed by atoms with E-state index in [-0.39, 0.29) is 5.91 Å². The number of anilines is 2. The molecule has 0 bridgehead atoms. The van der Waals surface area contributed by atoms with Gasteiger partial charge < -0.3 is 10.6 Å². The quantitative estimate of drug-likeness (QED) is 0.767. The summed E-state index contributed by atoms with van der Waals surface area (Å²) in [5.41, 5.74) is 2.43. The summed E-state index contributed by atoms with van der Waals surface area (Å²) < 4.78 is 1.02. The van der Waals surface area contributed by atoms with Gasteiger partial charge in [0.2, 0.25) is 0 Å². The summed E-state index contributed by atoms with van der Waals surface area (Å²) >= 11 is 3.51. The number of carbonyl (C=O) groups is 1. The highest BCUT2D eigenvalue weighted by molar-refractivity contribution is 9.10. The number of carbonyl (C=O) groups excluding carboxylic acids is 1. The molecule has 1 aromatic carbocycles. The zero-order chi connectivity index (χ0) is 17.7. The SMILES string of the molecule is Cc1nc(Nc2ccc(C)c(Br)c2)cc(C(=O)NCCC(C)C)n1. The van der Waals surface area contributed by atoms with E-state index < -0.39 is 0 Å². The number of benzene rings is 1. The fraction of sp³-hybridized carbons (Fsp3) is 0.389. The number of amides is 1. The zero-order valence-electron chi connectivity index (χ0n) is 14.5. The summed E-state index contributed by atoms with van der Waals surface area (Å²) in [5, 5.41) is 6.12. The van der Waals surface area contributed by atoms with Crippen molar-refractivity contribution in [1.29, 1.82) is 0 Å². The average molecular weight is 391 g/mol. The maximum atomic E-state index is 12.2. The molecule has 0 unspecified atom stereocenters. The predicted octanol–water partition coefficient (Wildman–Crippen LogP) is 4.38. The number of hydrogen-bond donors (Lipinski definition) is 2. The first kappa shape index (κ1) is 18.4. The zero-order valence-corrected chi connectivity index (χ0v) is 16.1. The van der Waals surface area contributed by atoms with Crippen LogP contribution in [0.25, 0.3) is 0 Å². The van der Waals surface area contributed by atoms with Crippen LogP contribution in [0.4, 0.5) is 11.5 Å². The van der Waals surface area contributed by atoms with Crippen LogP contribution in [0.1, 0.15) is 42.1 Å². The number of nitrogens with one attached hydrogen (secondary N) is 2. The molecule has 1 amide bonds. The van der Waals surface area contributed by atoms with E-state index in [9.17, 15) is 4.79 Å². The van der Waals surface area contributed by atoms with Gasteiger partial charge in [-0.2, -0.15) is 0 Å². The van der Waals surface area contributed by atoms with E-state index in [0.29, 0.717) is 29.8 Å². The van der Waals surface area contributed by atoms with Crippen LogP contribution in [0.5, 0.6) is 0 Å². The van der Waals surface area contributed by atoms with E-state index in [0.717, 1.165) is 22.1 Å². The van der Waals surface area contributed by atoms with E-state index >= 15 is 0 Å². The maximum absolute atomic E-state index is 12.2. The molecule has 0 fully saturated rings. The Kier molecular flexibility index (Phi) is 6.31. The fourth-order valence-corrected chi connectivity index (χ4v) is 2.51. The Morgan fingerprint density at radius 3 is 2.62 bits per heavy atom. The minimum atomic E-state index is -0.172. The van der Waals surface area contributed by atoms with Crippen molar-refractivity contribution in [3.8, 4) is 0 Å². The predicted molar refractivity (Wildman–Crippen MR) is 101 cm³/mol. The van der Waals surface area contributed by atoms with E-state index in [4.69, 9.17) is 0 Å². The second-order valence-corrected chi connectivity index (χ2v) is 7.07. The maximum Gasteiger partial charge on any atom is 0.270 e. The molecule has 0 aliphatic carbocycles. The number of hydrogen-bond acceptors (Lipinski definition) is 4. The average Bonchev–Trinajstić information content (AvgIpc) is 2.50. The van der Waals surface area contributed by atoms with Gasteiger partial charge in [-0.1, -0.05) is 35.8 Å². The van der Waals surface area contributed by atoms with E-state index in [2.05, 4.69) is 50.4 Å². The van der Waals surface area contributed by atoms with Crippen LogP contribution in [0.3, 0.4) is 0 Å². The van der Waals surface area contributed by atoms with Crippen molar-refractivity contribution < 1.29 is 4.79 Å². The smallest absolute Gasteiger partial charge is 0.270 e. The molecule has 0 aliphatic rings. The van der Waals surface area contributed by atoms with Crippen molar-refractivity contribution in [1.82, 2.24) is 15.3 Å². The van der Waals surface area contributed by atoms with E-state index in [1.165, 1.54) is 0 Å².